The quantitative estimate of drug-likeness (QED) is 0.683. The Kier molecular flexibility index (Phi) is 5.26. The molecule has 0 spiro atoms. The van der Waals surface area contributed by atoms with E-state index in [2.05, 4.69) is 10.6 Å². The molecule has 0 aromatic rings. The van der Waals surface area contributed by atoms with Crippen LogP contribution in [-0.2, 0) is 9.53 Å². The summed E-state index contributed by atoms with van der Waals surface area (Å²) in [5.74, 6) is 1.07. The molecule has 2 aliphatic rings. The number of carbonyl (C=O) groups is 1. The van der Waals surface area contributed by atoms with Gasteiger partial charge in [0.15, 0.2) is 0 Å². The van der Waals surface area contributed by atoms with Gasteiger partial charge in [0.2, 0.25) is 5.91 Å². The molecule has 17 heavy (non-hydrogen) atoms. The van der Waals surface area contributed by atoms with E-state index in [1.165, 1.54) is 32.1 Å². The van der Waals surface area contributed by atoms with E-state index in [9.17, 15) is 4.79 Å². The van der Waals surface area contributed by atoms with E-state index < -0.39 is 0 Å². The second kappa shape index (κ2) is 6.97. The van der Waals surface area contributed by atoms with Gasteiger partial charge in [-0.15, -0.1) is 0 Å². The maximum absolute atomic E-state index is 11.0. The molecule has 0 radical (unpaired) electrons. The zero-order valence-corrected chi connectivity index (χ0v) is 10.5. The van der Waals surface area contributed by atoms with Crippen LogP contribution in [0, 0.1) is 5.92 Å². The average molecular weight is 240 g/mol. The smallest absolute Gasteiger partial charge is 0.221 e. The van der Waals surface area contributed by atoms with Crippen LogP contribution >= 0.6 is 0 Å². The third kappa shape index (κ3) is 4.64. The Hall–Kier alpha value is -0.610. The molecular weight excluding hydrogens is 216 g/mol. The van der Waals surface area contributed by atoms with Gasteiger partial charge in [-0.1, -0.05) is 12.8 Å². The van der Waals surface area contributed by atoms with E-state index in [4.69, 9.17) is 4.74 Å². The highest BCUT2D eigenvalue weighted by Gasteiger charge is 2.20. The lowest BCUT2D eigenvalue weighted by molar-refractivity contribution is -0.119. The van der Waals surface area contributed by atoms with Gasteiger partial charge in [-0.05, 0) is 31.7 Å². The van der Waals surface area contributed by atoms with Crippen LogP contribution in [0.2, 0.25) is 0 Å². The average Bonchev–Trinajstić information content (AvgIpc) is 2.76. The van der Waals surface area contributed by atoms with Crippen LogP contribution in [0.25, 0.3) is 0 Å². The number of rotatable bonds is 6. The Balaban J connectivity index is 1.44. The topological polar surface area (TPSA) is 50.4 Å². The van der Waals surface area contributed by atoms with Gasteiger partial charge in [-0.2, -0.15) is 0 Å². The van der Waals surface area contributed by atoms with Crippen molar-refractivity contribution in [1.29, 1.82) is 0 Å². The highest BCUT2D eigenvalue weighted by atomic mass is 16.5. The van der Waals surface area contributed by atoms with Crippen LogP contribution in [0.15, 0.2) is 0 Å². The van der Waals surface area contributed by atoms with Crippen molar-refractivity contribution in [2.75, 3.05) is 26.3 Å². The molecule has 2 fully saturated rings. The number of hydrogen-bond donors (Lipinski definition) is 2. The molecule has 0 bridgehead atoms. The first-order chi connectivity index (χ1) is 8.34. The van der Waals surface area contributed by atoms with Gasteiger partial charge in [0.05, 0.1) is 0 Å². The van der Waals surface area contributed by atoms with Crippen molar-refractivity contribution in [3.05, 3.63) is 0 Å². The number of hydrogen-bond acceptors (Lipinski definition) is 3. The summed E-state index contributed by atoms with van der Waals surface area (Å²) in [4.78, 5) is 11.0. The first kappa shape index (κ1) is 12.8. The van der Waals surface area contributed by atoms with E-state index in [1.54, 1.807) is 0 Å². The van der Waals surface area contributed by atoms with Crippen molar-refractivity contribution >= 4 is 5.91 Å². The van der Waals surface area contributed by atoms with Crippen LogP contribution < -0.4 is 10.6 Å². The van der Waals surface area contributed by atoms with E-state index >= 15 is 0 Å². The summed E-state index contributed by atoms with van der Waals surface area (Å²) < 4.78 is 5.35. The monoisotopic (exact) mass is 240 g/mol. The summed E-state index contributed by atoms with van der Waals surface area (Å²) in [7, 11) is 0. The zero-order valence-electron chi connectivity index (χ0n) is 10.5. The van der Waals surface area contributed by atoms with Crippen LogP contribution in [-0.4, -0.2) is 38.3 Å². The van der Waals surface area contributed by atoms with E-state index in [0.29, 0.717) is 12.5 Å². The number of unbranched alkanes of at least 4 members (excludes halogenated alkanes) is 1. The third-order valence-electron chi connectivity index (χ3n) is 3.79. The Morgan fingerprint density at radius 2 is 2.12 bits per heavy atom. The maximum Gasteiger partial charge on any atom is 0.221 e. The maximum atomic E-state index is 11.0. The Labute approximate surface area is 103 Å². The summed E-state index contributed by atoms with van der Waals surface area (Å²) in [5, 5.41) is 6.29. The summed E-state index contributed by atoms with van der Waals surface area (Å²) in [5.41, 5.74) is 0. The van der Waals surface area contributed by atoms with Gasteiger partial charge in [-0.25, -0.2) is 0 Å². The van der Waals surface area contributed by atoms with Crippen molar-refractivity contribution < 1.29 is 9.53 Å². The summed E-state index contributed by atoms with van der Waals surface area (Å²) >= 11 is 0. The molecule has 1 unspecified atom stereocenters. The molecule has 0 aromatic heterocycles. The first-order valence-corrected chi connectivity index (χ1v) is 6.92. The minimum Gasteiger partial charge on any atom is -0.381 e. The Morgan fingerprint density at radius 3 is 2.82 bits per heavy atom. The summed E-state index contributed by atoms with van der Waals surface area (Å²) in [6.07, 6.45) is 7.00. The number of nitrogens with one attached hydrogen (secondary N) is 2. The predicted octanol–water partition coefficient (Wildman–Crippen LogP) is 1.06. The molecule has 0 aromatic carbocycles. The van der Waals surface area contributed by atoms with Gasteiger partial charge in [0, 0.05) is 32.2 Å². The Bertz CT molecular complexity index is 240. The minimum absolute atomic E-state index is 0.185. The molecule has 2 aliphatic heterocycles. The molecule has 2 rings (SSSR count). The normalized spacial score (nSPS) is 26.1. The van der Waals surface area contributed by atoms with Crippen LogP contribution in [0.1, 0.15) is 38.5 Å². The van der Waals surface area contributed by atoms with Gasteiger partial charge in [-0.3, -0.25) is 4.79 Å². The Morgan fingerprint density at radius 1 is 1.29 bits per heavy atom. The second-order valence-corrected chi connectivity index (χ2v) is 5.21. The molecular formula is C13H24N2O2. The van der Waals surface area contributed by atoms with Gasteiger partial charge in [0.25, 0.3) is 0 Å². The third-order valence-corrected chi connectivity index (χ3v) is 3.79. The zero-order chi connectivity index (χ0) is 11.9. The fourth-order valence-electron chi connectivity index (χ4n) is 2.65. The second-order valence-electron chi connectivity index (χ2n) is 5.21. The number of carbonyl (C=O) groups excluding carboxylic acids is 1. The highest BCUT2D eigenvalue weighted by molar-refractivity contribution is 5.78. The largest absolute Gasteiger partial charge is 0.381 e. The molecule has 0 saturated carbocycles. The van der Waals surface area contributed by atoms with E-state index in [-0.39, 0.29) is 5.91 Å². The van der Waals surface area contributed by atoms with Crippen LogP contribution in [0.3, 0.4) is 0 Å². The lowest BCUT2D eigenvalue weighted by Gasteiger charge is -2.21. The molecule has 2 saturated heterocycles. The molecule has 1 amide bonds. The van der Waals surface area contributed by atoms with Crippen molar-refractivity contribution in [2.45, 2.75) is 44.6 Å². The molecule has 2 N–H and O–H groups in total. The van der Waals surface area contributed by atoms with Gasteiger partial charge < -0.3 is 15.4 Å². The van der Waals surface area contributed by atoms with E-state index in [0.717, 1.165) is 32.2 Å². The standard InChI is InChI=1S/C13H24N2O2/c16-13-9-12(10-15-13)14-6-2-1-3-11-4-7-17-8-5-11/h11-12,14H,1-10H2,(H,15,16). The highest BCUT2D eigenvalue weighted by Crippen LogP contribution is 2.20. The van der Waals surface area contributed by atoms with Gasteiger partial charge >= 0.3 is 0 Å². The number of amides is 1. The first-order valence-electron chi connectivity index (χ1n) is 6.92. The van der Waals surface area contributed by atoms with Crippen molar-refractivity contribution in [3.8, 4) is 0 Å². The van der Waals surface area contributed by atoms with Crippen LogP contribution in [0.5, 0.6) is 0 Å². The molecule has 4 heteroatoms. The number of ether oxygens (including phenoxy) is 1. The molecule has 4 nitrogen and oxygen atoms in total. The lowest BCUT2D eigenvalue weighted by Crippen LogP contribution is -2.31. The lowest BCUT2D eigenvalue weighted by atomic mass is 9.94. The molecule has 2 heterocycles. The van der Waals surface area contributed by atoms with Crippen molar-refractivity contribution in [1.82, 2.24) is 10.6 Å². The molecule has 98 valence electrons. The van der Waals surface area contributed by atoms with Crippen LogP contribution in [0.4, 0.5) is 0 Å². The molecule has 1 atom stereocenters. The SMILES string of the molecule is O=C1CC(NCCCCC2CCOCC2)CN1. The van der Waals surface area contributed by atoms with Crippen molar-refractivity contribution in [2.24, 2.45) is 5.92 Å². The predicted molar refractivity (Wildman–Crippen MR) is 66.8 cm³/mol. The minimum atomic E-state index is 0.185. The fraction of sp³-hybridized carbons (Fsp3) is 0.923. The summed E-state index contributed by atoms with van der Waals surface area (Å²) in [6.45, 7) is 3.76. The molecule has 0 aliphatic carbocycles. The fourth-order valence-corrected chi connectivity index (χ4v) is 2.65. The van der Waals surface area contributed by atoms with E-state index in [1.807, 2.05) is 0 Å². The van der Waals surface area contributed by atoms with Gasteiger partial charge in [0.1, 0.15) is 0 Å². The van der Waals surface area contributed by atoms with Crippen molar-refractivity contribution in [3.63, 3.8) is 0 Å². The summed E-state index contributed by atoms with van der Waals surface area (Å²) in [6, 6.07) is 0.366.